The first-order valence-corrected chi connectivity index (χ1v) is 7.72. The molecule has 1 aliphatic rings. The van der Waals surface area contributed by atoms with Crippen molar-refractivity contribution in [3.63, 3.8) is 0 Å². The average molecular weight is 301 g/mol. The Morgan fingerprint density at radius 1 is 1.50 bits per heavy atom. The van der Waals surface area contributed by atoms with Crippen LogP contribution in [0.1, 0.15) is 6.42 Å². The second-order valence-electron chi connectivity index (χ2n) is 3.50. The minimum Gasteiger partial charge on any atom is -0.315 e. The molecule has 2 heterocycles. The molecule has 0 saturated carbocycles. The average Bonchev–Trinajstić information content (AvgIpc) is 2.75. The van der Waals surface area contributed by atoms with Crippen molar-refractivity contribution in [2.24, 2.45) is 0 Å². The SMILES string of the molecule is O=S(=O)(N[C@@H]1CCNC1)c1cc(Cl)sc1Cl. The summed E-state index contributed by atoms with van der Waals surface area (Å²) in [7, 11) is -3.55. The summed E-state index contributed by atoms with van der Waals surface area (Å²) in [5.74, 6) is 0. The Labute approximate surface area is 108 Å². The van der Waals surface area contributed by atoms with Gasteiger partial charge in [0, 0.05) is 12.6 Å². The Hall–Kier alpha value is 0.150. The lowest BCUT2D eigenvalue weighted by molar-refractivity contribution is 0.560. The van der Waals surface area contributed by atoms with E-state index < -0.39 is 10.0 Å². The molecule has 4 nitrogen and oxygen atoms in total. The summed E-state index contributed by atoms with van der Waals surface area (Å²) in [5.41, 5.74) is 0. The number of thiophene rings is 1. The third-order valence-electron chi connectivity index (χ3n) is 2.30. The highest BCUT2D eigenvalue weighted by Gasteiger charge is 2.25. The standard InChI is InChI=1S/C8H10Cl2N2O2S2/c9-7-3-6(8(10)15-7)16(13,14)12-5-1-2-11-4-5/h3,5,11-12H,1-2,4H2/t5-/m1/s1. The van der Waals surface area contributed by atoms with E-state index in [1.807, 2.05) is 0 Å². The maximum absolute atomic E-state index is 11.9. The Morgan fingerprint density at radius 3 is 2.75 bits per heavy atom. The van der Waals surface area contributed by atoms with Crippen LogP contribution in [-0.4, -0.2) is 27.5 Å². The van der Waals surface area contributed by atoms with Crippen molar-refractivity contribution in [1.29, 1.82) is 0 Å². The molecule has 1 aliphatic heterocycles. The third-order valence-corrected chi connectivity index (χ3v) is 5.57. The predicted octanol–water partition coefficient (Wildman–Crippen LogP) is 1.70. The van der Waals surface area contributed by atoms with Gasteiger partial charge in [-0.2, -0.15) is 0 Å². The molecule has 2 N–H and O–H groups in total. The Kier molecular flexibility index (Phi) is 3.78. The monoisotopic (exact) mass is 300 g/mol. The number of rotatable bonds is 3. The van der Waals surface area contributed by atoms with Gasteiger partial charge in [0.25, 0.3) is 0 Å². The van der Waals surface area contributed by atoms with Crippen LogP contribution in [0, 0.1) is 0 Å². The van der Waals surface area contributed by atoms with Gasteiger partial charge in [-0.3, -0.25) is 0 Å². The minimum atomic E-state index is -3.55. The van der Waals surface area contributed by atoms with E-state index in [0.717, 1.165) is 24.3 Å². The molecule has 1 saturated heterocycles. The van der Waals surface area contributed by atoms with E-state index in [-0.39, 0.29) is 15.3 Å². The van der Waals surface area contributed by atoms with Crippen LogP contribution >= 0.6 is 34.5 Å². The van der Waals surface area contributed by atoms with Gasteiger partial charge in [0.1, 0.15) is 9.23 Å². The second kappa shape index (κ2) is 4.80. The number of nitrogens with one attached hydrogen (secondary N) is 2. The van der Waals surface area contributed by atoms with Gasteiger partial charge in [-0.25, -0.2) is 13.1 Å². The predicted molar refractivity (Wildman–Crippen MR) is 65.9 cm³/mol. The lowest BCUT2D eigenvalue weighted by atomic mass is 10.3. The van der Waals surface area contributed by atoms with Crippen LogP contribution in [0.5, 0.6) is 0 Å². The summed E-state index contributed by atoms with van der Waals surface area (Å²) in [6, 6.07) is 1.30. The van der Waals surface area contributed by atoms with Gasteiger partial charge in [0.05, 0.1) is 4.34 Å². The molecule has 0 radical (unpaired) electrons. The fourth-order valence-corrected chi connectivity index (χ4v) is 4.97. The Balaban J connectivity index is 2.21. The summed E-state index contributed by atoms with van der Waals surface area (Å²) in [6.45, 7) is 1.47. The van der Waals surface area contributed by atoms with Crippen molar-refractivity contribution in [3.8, 4) is 0 Å². The van der Waals surface area contributed by atoms with Crippen LogP contribution in [0.2, 0.25) is 8.67 Å². The highest BCUT2D eigenvalue weighted by atomic mass is 35.5. The molecule has 1 fully saturated rings. The maximum Gasteiger partial charge on any atom is 0.243 e. The number of hydrogen-bond donors (Lipinski definition) is 2. The fourth-order valence-electron chi connectivity index (χ4n) is 1.55. The summed E-state index contributed by atoms with van der Waals surface area (Å²) < 4.78 is 27.1. The third kappa shape index (κ3) is 2.69. The minimum absolute atomic E-state index is 0.0658. The van der Waals surface area contributed by atoms with Crippen molar-refractivity contribution >= 4 is 44.6 Å². The smallest absolute Gasteiger partial charge is 0.243 e. The molecular weight excluding hydrogens is 291 g/mol. The van der Waals surface area contributed by atoms with E-state index in [9.17, 15) is 8.42 Å². The topological polar surface area (TPSA) is 58.2 Å². The first-order valence-electron chi connectivity index (χ1n) is 4.67. The molecule has 0 bridgehead atoms. The zero-order valence-electron chi connectivity index (χ0n) is 8.16. The number of sulfonamides is 1. The molecule has 0 amide bonds. The van der Waals surface area contributed by atoms with E-state index >= 15 is 0 Å². The van der Waals surface area contributed by atoms with Crippen LogP contribution in [-0.2, 0) is 10.0 Å². The summed E-state index contributed by atoms with van der Waals surface area (Å²) in [4.78, 5) is 0.0658. The van der Waals surface area contributed by atoms with Crippen molar-refractivity contribution in [1.82, 2.24) is 10.0 Å². The normalized spacial score (nSPS) is 21.5. The molecule has 90 valence electrons. The molecule has 1 atom stereocenters. The number of hydrogen-bond acceptors (Lipinski definition) is 4. The van der Waals surface area contributed by atoms with Crippen LogP contribution in [0.4, 0.5) is 0 Å². The van der Waals surface area contributed by atoms with Gasteiger partial charge < -0.3 is 5.32 Å². The Morgan fingerprint density at radius 2 is 2.25 bits per heavy atom. The first-order chi connectivity index (χ1) is 7.49. The largest absolute Gasteiger partial charge is 0.315 e. The van der Waals surface area contributed by atoms with E-state index in [0.29, 0.717) is 10.9 Å². The first kappa shape index (κ1) is 12.6. The maximum atomic E-state index is 11.9. The highest BCUT2D eigenvalue weighted by Crippen LogP contribution is 2.34. The van der Waals surface area contributed by atoms with Crippen LogP contribution in [0.3, 0.4) is 0 Å². The van der Waals surface area contributed by atoms with Crippen molar-refractivity contribution in [3.05, 3.63) is 14.7 Å². The van der Waals surface area contributed by atoms with Crippen molar-refractivity contribution in [2.75, 3.05) is 13.1 Å². The van der Waals surface area contributed by atoms with Gasteiger partial charge in [0.2, 0.25) is 10.0 Å². The molecule has 1 aromatic rings. The van der Waals surface area contributed by atoms with Gasteiger partial charge in [-0.15, -0.1) is 11.3 Å². The summed E-state index contributed by atoms with van der Waals surface area (Å²) >= 11 is 12.6. The molecule has 2 rings (SSSR count). The van der Waals surface area contributed by atoms with E-state index in [4.69, 9.17) is 23.2 Å². The van der Waals surface area contributed by atoms with E-state index in [2.05, 4.69) is 10.0 Å². The van der Waals surface area contributed by atoms with Gasteiger partial charge in [-0.05, 0) is 19.0 Å². The van der Waals surface area contributed by atoms with Gasteiger partial charge in [0.15, 0.2) is 0 Å². The fraction of sp³-hybridized carbons (Fsp3) is 0.500. The highest BCUT2D eigenvalue weighted by molar-refractivity contribution is 7.89. The molecule has 0 spiro atoms. The molecule has 0 aliphatic carbocycles. The molecule has 8 heteroatoms. The van der Waals surface area contributed by atoms with Gasteiger partial charge in [-0.1, -0.05) is 23.2 Å². The van der Waals surface area contributed by atoms with Crippen LogP contribution < -0.4 is 10.0 Å². The number of halogens is 2. The lowest BCUT2D eigenvalue weighted by Gasteiger charge is -2.10. The van der Waals surface area contributed by atoms with Gasteiger partial charge >= 0.3 is 0 Å². The van der Waals surface area contributed by atoms with E-state index in [1.54, 1.807) is 0 Å². The summed E-state index contributed by atoms with van der Waals surface area (Å²) in [6.07, 6.45) is 0.786. The molecular formula is C8H10Cl2N2O2S2. The zero-order chi connectivity index (χ0) is 11.8. The van der Waals surface area contributed by atoms with Crippen molar-refractivity contribution < 1.29 is 8.42 Å². The van der Waals surface area contributed by atoms with Crippen LogP contribution in [0.15, 0.2) is 11.0 Å². The zero-order valence-corrected chi connectivity index (χ0v) is 11.3. The lowest BCUT2D eigenvalue weighted by Crippen LogP contribution is -2.36. The van der Waals surface area contributed by atoms with E-state index in [1.165, 1.54) is 6.07 Å². The Bertz CT molecular complexity index is 480. The molecule has 0 unspecified atom stereocenters. The molecule has 16 heavy (non-hydrogen) atoms. The molecule has 1 aromatic heterocycles. The quantitative estimate of drug-likeness (QED) is 0.893. The summed E-state index contributed by atoms with van der Waals surface area (Å²) in [5, 5.41) is 3.08. The second-order valence-corrected chi connectivity index (χ2v) is 7.47. The van der Waals surface area contributed by atoms with Crippen LogP contribution in [0.25, 0.3) is 0 Å². The van der Waals surface area contributed by atoms with Crippen molar-refractivity contribution in [2.45, 2.75) is 17.4 Å². The molecule has 0 aromatic carbocycles.